The Balaban J connectivity index is 1.41. The minimum atomic E-state index is -0.463. The highest BCUT2D eigenvalue weighted by atomic mass is 19.1. The number of amides is 1. The number of carbonyl (C=O) groups is 1. The van der Waals surface area contributed by atoms with Crippen molar-refractivity contribution < 1.29 is 23.8 Å². The number of halogens is 1. The molecule has 2 atom stereocenters. The molecule has 0 saturated carbocycles. The van der Waals surface area contributed by atoms with Crippen molar-refractivity contribution in [2.75, 3.05) is 37.7 Å². The van der Waals surface area contributed by atoms with E-state index >= 15 is 0 Å². The third kappa shape index (κ3) is 5.42. The fourth-order valence-corrected chi connectivity index (χ4v) is 5.32. The third-order valence-electron chi connectivity index (χ3n) is 7.27. The average molecular weight is 523 g/mol. The maximum atomic E-state index is 14.4. The van der Waals surface area contributed by atoms with E-state index in [1.165, 1.54) is 24.3 Å². The number of fused-ring (bicyclic) bond motifs is 1. The van der Waals surface area contributed by atoms with Gasteiger partial charge in [0.1, 0.15) is 24.0 Å². The van der Waals surface area contributed by atoms with Crippen LogP contribution in [0.3, 0.4) is 0 Å². The second-order valence-corrected chi connectivity index (χ2v) is 9.78. The Bertz CT molecular complexity index is 1220. The number of carbonyl (C=O) groups excluding carboxylic acids is 1. The van der Waals surface area contributed by atoms with Gasteiger partial charge in [-0.3, -0.25) is 9.69 Å². The lowest BCUT2D eigenvalue weighted by Gasteiger charge is -2.41. The third-order valence-corrected chi connectivity index (χ3v) is 7.27. The number of phenols is 1. The largest absolute Gasteiger partial charge is 0.508 e. The zero-order chi connectivity index (χ0) is 26.6. The van der Waals surface area contributed by atoms with Crippen molar-refractivity contribution in [1.82, 2.24) is 19.8 Å². The molecule has 38 heavy (non-hydrogen) atoms. The fraction of sp³-hybridized carbons (Fsp3) is 0.481. The number of anilines is 1. The van der Waals surface area contributed by atoms with E-state index in [-0.39, 0.29) is 48.3 Å². The van der Waals surface area contributed by atoms with E-state index in [2.05, 4.69) is 22.5 Å². The summed E-state index contributed by atoms with van der Waals surface area (Å²) in [5, 5.41) is 19.6. The van der Waals surface area contributed by atoms with Crippen LogP contribution in [0.5, 0.6) is 11.8 Å². The number of ether oxygens (including phenoxy) is 2. The number of hydrogen-bond donors (Lipinski definition) is 1. The predicted molar refractivity (Wildman–Crippen MR) is 136 cm³/mol. The normalized spacial score (nSPS) is 21.3. The lowest BCUT2D eigenvalue weighted by atomic mass is 10.1. The monoisotopic (exact) mass is 522 g/mol. The van der Waals surface area contributed by atoms with Crippen LogP contribution in [0.2, 0.25) is 0 Å². The van der Waals surface area contributed by atoms with Gasteiger partial charge in [-0.15, -0.1) is 0 Å². The van der Waals surface area contributed by atoms with Crippen molar-refractivity contribution in [3.63, 3.8) is 0 Å². The van der Waals surface area contributed by atoms with Crippen LogP contribution in [0.25, 0.3) is 0 Å². The SMILES string of the molecule is C=CC(=O)N1CCN(c2nc(OC[C@@H]3CCCO3)nc3c2CN(Cc2c(O)cccc2F)C3)C[C@@H]1CC#N. The van der Waals surface area contributed by atoms with Gasteiger partial charge in [0, 0.05) is 57.0 Å². The van der Waals surface area contributed by atoms with Gasteiger partial charge in [-0.1, -0.05) is 12.6 Å². The van der Waals surface area contributed by atoms with Crippen molar-refractivity contribution >= 4 is 11.7 Å². The molecule has 1 N–H and O–H groups in total. The van der Waals surface area contributed by atoms with Crippen molar-refractivity contribution in [2.24, 2.45) is 0 Å². The van der Waals surface area contributed by atoms with Crippen LogP contribution < -0.4 is 9.64 Å². The Morgan fingerprint density at radius 1 is 1.34 bits per heavy atom. The summed E-state index contributed by atoms with van der Waals surface area (Å²) < 4.78 is 26.1. The summed E-state index contributed by atoms with van der Waals surface area (Å²) in [6, 6.07) is 6.40. The number of hydrogen-bond acceptors (Lipinski definition) is 9. The number of phenolic OH excluding ortho intramolecular Hbond substituents is 1. The van der Waals surface area contributed by atoms with Gasteiger partial charge in [0.2, 0.25) is 5.91 Å². The Morgan fingerprint density at radius 2 is 2.21 bits per heavy atom. The molecule has 1 amide bonds. The Labute approximate surface area is 220 Å². The van der Waals surface area contributed by atoms with Crippen molar-refractivity contribution in [3.8, 4) is 17.8 Å². The Hall–Kier alpha value is -3.75. The quantitative estimate of drug-likeness (QED) is 0.522. The molecule has 10 nitrogen and oxygen atoms in total. The van der Waals surface area contributed by atoms with E-state index in [1.807, 2.05) is 4.90 Å². The lowest BCUT2D eigenvalue weighted by molar-refractivity contribution is -0.128. The van der Waals surface area contributed by atoms with E-state index in [9.17, 15) is 19.6 Å². The van der Waals surface area contributed by atoms with Crippen LogP contribution in [0.15, 0.2) is 30.9 Å². The molecule has 200 valence electrons. The molecule has 0 unspecified atom stereocenters. The number of piperazine rings is 1. The van der Waals surface area contributed by atoms with Crippen LogP contribution in [-0.4, -0.2) is 75.8 Å². The zero-order valence-electron chi connectivity index (χ0n) is 21.2. The first-order valence-corrected chi connectivity index (χ1v) is 12.8. The minimum absolute atomic E-state index is 0.00398. The summed E-state index contributed by atoms with van der Waals surface area (Å²) in [5.74, 6) is -0.0640. The summed E-state index contributed by atoms with van der Waals surface area (Å²) >= 11 is 0. The number of nitriles is 1. The van der Waals surface area contributed by atoms with E-state index in [1.54, 1.807) is 4.90 Å². The highest BCUT2D eigenvalue weighted by Gasteiger charge is 2.34. The predicted octanol–water partition coefficient (Wildman–Crippen LogP) is 2.51. The smallest absolute Gasteiger partial charge is 0.318 e. The Morgan fingerprint density at radius 3 is 2.95 bits per heavy atom. The lowest BCUT2D eigenvalue weighted by Crippen LogP contribution is -2.55. The van der Waals surface area contributed by atoms with Gasteiger partial charge < -0.3 is 24.4 Å². The molecular weight excluding hydrogens is 491 g/mol. The van der Waals surface area contributed by atoms with Crippen LogP contribution in [-0.2, 0) is 29.2 Å². The maximum absolute atomic E-state index is 14.4. The van der Waals surface area contributed by atoms with Gasteiger partial charge in [-0.2, -0.15) is 15.2 Å². The standard InChI is InChI=1S/C27H31FN6O4/c1-2-25(36)34-11-10-33(13-18(34)8-9-29)26-21-15-32(14-20-22(28)6-3-7-24(20)35)16-23(21)30-27(31-26)38-17-19-5-4-12-37-19/h2-3,6-7,18-19,35H,1,4-5,8,10-17H2/t18-,19-/m0/s1. The molecule has 2 saturated heterocycles. The molecule has 1 aromatic heterocycles. The number of benzene rings is 1. The van der Waals surface area contributed by atoms with Crippen LogP contribution in [0.1, 0.15) is 36.1 Å². The Kier molecular flexibility index (Phi) is 7.72. The topological polar surface area (TPSA) is 115 Å². The van der Waals surface area contributed by atoms with Gasteiger partial charge in [0.05, 0.1) is 30.3 Å². The van der Waals surface area contributed by atoms with Gasteiger partial charge in [-0.05, 0) is 31.1 Å². The summed E-state index contributed by atoms with van der Waals surface area (Å²) in [4.78, 5) is 27.6. The molecule has 2 aromatic rings. The minimum Gasteiger partial charge on any atom is -0.508 e. The molecule has 2 fully saturated rings. The first kappa shape index (κ1) is 25.9. The summed E-state index contributed by atoms with van der Waals surface area (Å²) in [5.41, 5.74) is 1.90. The summed E-state index contributed by atoms with van der Waals surface area (Å²) in [7, 11) is 0. The average Bonchev–Trinajstić information content (AvgIpc) is 3.58. The number of aromatic nitrogens is 2. The fourth-order valence-electron chi connectivity index (χ4n) is 5.32. The molecule has 4 heterocycles. The summed E-state index contributed by atoms with van der Waals surface area (Å²) in [6.07, 6.45) is 3.38. The molecule has 1 aromatic carbocycles. The first-order chi connectivity index (χ1) is 18.5. The number of rotatable bonds is 8. The number of nitrogens with zero attached hydrogens (tertiary/aromatic N) is 6. The highest BCUT2D eigenvalue weighted by Crippen LogP contribution is 2.34. The molecule has 0 aliphatic carbocycles. The molecule has 3 aliphatic rings. The van der Waals surface area contributed by atoms with Crippen molar-refractivity contribution in [3.05, 3.63) is 53.5 Å². The molecule has 0 spiro atoms. The van der Waals surface area contributed by atoms with Gasteiger partial charge in [0.15, 0.2) is 0 Å². The van der Waals surface area contributed by atoms with Crippen molar-refractivity contribution in [1.29, 1.82) is 5.26 Å². The van der Waals surface area contributed by atoms with Crippen LogP contribution in [0.4, 0.5) is 10.2 Å². The van der Waals surface area contributed by atoms with Crippen LogP contribution in [0, 0.1) is 17.1 Å². The van der Waals surface area contributed by atoms with E-state index in [0.29, 0.717) is 45.1 Å². The van der Waals surface area contributed by atoms with E-state index in [4.69, 9.17) is 14.5 Å². The summed E-state index contributed by atoms with van der Waals surface area (Å²) in [6.45, 7) is 7.13. The molecule has 0 radical (unpaired) electrons. The van der Waals surface area contributed by atoms with Gasteiger partial charge in [-0.25, -0.2) is 4.39 Å². The molecule has 0 bridgehead atoms. The zero-order valence-corrected chi connectivity index (χ0v) is 21.2. The highest BCUT2D eigenvalue weighted by molar-refractivity contribution is 5.87. The maximum Gasteiger partial charge on any atom is 0.318 e. The molecule has 5 rings (SSSR count). The number of aromatic hydroxyl groups is 1. The van der Waals surface area contributed by atoms with Gasteiger partial charge >= 0.3 is 6.01 Å². The molecule has 3 aliphatic heterocycles. The second-order valence-electron chi connectivity index (χ2n) is 9.78. The molecule has 11 heteroatoms. The van der Waals surface area contributed by atoms with E-state index in [0.717, 1.165) is 30.7 Å². The van der Waals surface area contributed by atoms with Gasteiger partial charge in [0.25, 0.3) is 0 Å². The molecular formula is C27H31FN6O4. The second kappa shape index (κ2) is 11.3. The van der Waals surface area contributed by atoms with Crippen molar-refractivity contribution in [2.45, 2.75) is 51.0 Å². The first-order valence-electron chi connectivity index (χ1n) is 12.8. The van der Waals surface area contributed by atoms with E-state index < -0.39 is 5.82 Å². The van der Waals surface area contributed by atoms with Crippen LogP contribution >= 0.6 is 0 Å².